The lowest BCUT2D eigenvalue weighted by Crippen LogP contribution is -2.12. The number of nitrogens with one attached hydrogen (secondary N) is 1. The molecule has 0 fully saturated rings. The molecule has 0 unspecified atom stereocenters. The summed E-state index contributed by atoms with van der Waals surface area (Å²) in [5.74, 6) is 1.01. The average molecular weight is 360 g/mol. The Morgan fingerprint density at radius 3 is 2.71 bits per heavy atom. The Morgan fingerprint density at radius 1 is 1.21 bits per heavy atom. The zero-order valence-electron chi connectivity index (χ0n) is 13.5. The lowest BCUT2D eigenvalue weighted by atomic mass is 10.2. The Labute approximate surface area is 147 Å². The van der Waals surface area contributed by atoms with E-state index in [1.165, 1.54) is 11.3 Å². The number of hydrogen-bond donors (Lipinski definition) is 1. The number of aryl methyl sites for hydroxylation is 1. The monoisotopic (exact) mass is 360 g/mol. The SMILES string of the molecule is COc1ccc(OC)c(NC(=O)c2sc(-c3cccs3)nc2C)c1. The molecule has 3 rings (SSSR count). The third-order valence-electron chi connectivity index (χ3n) is 3.39. The highest BCUT2D eigenvalue weighted by molar-refractivity contribution is 7.22. The number of rotatable bonds is 5. The highest BCUT2D eigenvalue weighted by Gasteiger charge is 2.18. The van der Waals surface area contributed by atoms with Gasteiger partial charge in [-0.15, -0.1) is 22.7 Å². The van der Waals surface area contributed by atoms with Crippen molar-refractivity contribution < 1.29 is 14.3 Å². The first-order chi connectivity index (χ1) is 11.6. The van der Waals surface area contributed by atoms with E-state index >= 15 is 0 Å². The molecule has 0 radical (unpaired) electrons. The molecule has 0 spiro atoms. The maximum absolute atomic E-state index is 12.7. The van der Waals surface area contributed by atoms with Gasteiger partial charge in [0, 0.05) is 6.07 Å². The molecule has 5 nitrogen and oxygen atoms in total. The van der Waals surface area contributed by atoms with Crippen molar-refractivity contribution in [2.75, 3.05) is 19.5 Å². The van der Waals surface area contributed by atoms with E-state index in [0.717, 1.165) is 9.88 Å². The van der Waals surface area contributed by atoms with Crippen LogP contribution in [0.4, 0.5) is 5.69 Å². The predicted molar refractivity (Wildman–Crippen MR) is 97.7 cm³/mol. The third-order valence-corrected chi connectivity index (χ3v) is 5.58. The van der Waals surface area contributed by atoms with Crippen LogP contribution in [0.1, 0.15) is 15.4 Å². The number of carbonyl (C=O) groups excluding carboxylic acids is 1. The van der Waals surface area contributed by atoms with Gasteiger partial charge in [-0.3, -0.25) is 4.79 Å². The Morgan fingerprint density at radius 2 is 2.04 bits per heavy atom. The molecule has 3 aromatic rings. The number of ether oxygens (including phenoxy) is 2. The number of amides is 1. The van der Waals surface area contributed by atoms with Crippen molar-refractivity contribution in [1.29, 1.82) is 0 Å². The van der Waals surface area contributed by atoms with Gasteiger partial charge in [0.15, 0.2) is 0 Å². The van der Waals surface area contributed by atoms with Gasteiger partial charge in [-0.05, 0) is 30.5 Å². The maximum atomic E-state index is 12.7. The Bertz CT molecular complexity index is 857. The summed E-state index contributed by atoms with van der Waals surface area (Å²) in [6.07, 6.45) is 0. The molecule has 0 bridgehead atoms. The number of aromatic nitrogens is 1. The summed E-state index contributed by atoms with van der Waals surface area (Å²) >= 11 is 2.99. The predicted octanol–water partition coefficient (Wildman–Crippen LogP) is 4.45. The second-order valence-corrected chi connectivity index (χ2v) is 6.88. The van der Waals surface area contributed by atoms with Gasteiger partial charge >= 0.3 is 0 Å². The summed E-state index contributed by atoms with van der Waals surface area (Å²) in [5.41, 5.74) is 1.27. The lowest BCUT2D eigenvalue weighted by molar-refractivity contribution is 0.102. The molecule has 1 N–H and O–H groups in total. The molecular weight excluding hydrogens is 344 g/mol. The van der Waals surface area contributed by atoms with Crippen LogP contribution < -0.4 is 14.8 Å². The third kappa shape index (κ3) is 3.27. The highest BCUT2D eigenvalue weighted by Crippen LogP contribution is 2.33. The van der Waals surface area contributed by atoms with Gasteiger partial charge in [0.2, 0.25) is 0 Å². The van der Waals surface area contributed by atoms with Crippen LogP contribution in [0.25, 0.3) is 9.88 Å². The minimum Gasteiger partial charge on any atom is -0.497 e. The molecule has 0 aliphatic rings. The summed E-state index contributed by atoms with van der Waals surface area (Å²) < 4.78 is 10.5. The van der Waals surface area contributed by atoms with Crippen molar-refractivity contribution in [3.05, 3.63) is 46.3 Å². The molecule has 2 heterocycles. The summed E-state index contributed by atoms with van der Waals surface area (Å²) in [4.78, 5) is 18.8. The molecule has 0 atom stereocenters. The maximum Gasteiger partial charge on any atom is 0.267 e. The number of benzene rings is 1. The van der Waals surface area contributed by atoms with Gasteiger partial charge < -0.3 is 14.8 Å². The smallest absolute Gasteiger partial charge is 0.267 e. The standard InChI is InChI=1S/C17H16N2O3S2/c1-10-15(24-17(18-10)14-5-4-8-23-14)16(20)19-12-9-11(21-2)6-7-13(12)22-3/h4-9H,1-3H3,(H,19,20). The van der Waals surface area contributed by atoms with Crippen LogP contribution in [-0.4, -0.2) is 25.1 Å². The van der Waals surface area contributed by atoms with Crippen LogP contribution in [0.5, 0.6) is 11.5 Å². The van der Waals surface area contributed by atoms with Crippen LogP contribution in [0.15, 0.2) is 35.7 Å². The Hall–Kier alpha value is -2.38. The molecule has 0 saturated heterocycles. The zero-order chi connectivity index (χ0) is 17.1. The topological polar surface area (TPSA) is 60.5 Å². The minimum atomic E-state index is -0.209. The fraction of sp³-hybridized carbons (Fsp3) is 0.176. The summed E-state index contributed by atoms with van der Waals surface area (Å²) in [6.45, 7) is 1.84. The van der Waals surface area contributed by atoms with E-state index in [9.17, 15) is 4.79 Å². The van der Waals surface area contributed by atoms with Gasteiger partial charge in [0.05, 0.1) is 30.5 Å². The Balaban J connectivity index is 1.88. The van der Waals surface area contributed by atoms with Crippen molar-refractivity contribution in [3.8, 4) is 21.4 Å². The van der Waals surface area contributed by atoms with E-state index < -0.39 is 0 Å². The first-order valence-corrected chi connectivity index (χ1v) is 8.86. The number of thiophene rings is 1. The first kappa shape index (κ1) is 16.5. The second-order valence-electron chi connectivity index (χ2n) is 4.93. The second kappa shape index (κ2) is 7.02. The van der Waals surface area contributed by atoms with E-state index in [0.29, 0.717) is 27.8 Å². The van der Waals surface area contributed by atoms with E-state index in [1.807, 2.05) is 24.4 Å². The van der Waals surface area contributed by atoms with E-state index in [-0.39, 0.29) is 5.91 Å². The quantitative estimate of drug-likeness (QED) is 0.730. The van der Waals surface area contributed by atoms with Gasteiger partial charge in [-0.1, -0.05) is 6.07 Å². The van der Waals surface area contributed by atoms with Gasteiger partial charge in [-0.2, -0.15) is 0 Å². The van der Waals surface area contributed by atoms with Crippen molar-refractivity contribution in [3.63, 3.8) is 0 Å². The number of anilines is 1. The number of nitrogens with zero attached hydrogens (tertiary/aromatic N) is 1. The van der Waals surface area contributed by atoms with E-state index in [2.05, 4.69) is 10.3 Å². The number of thiazole rings is 1. The van der Waals surface area contributed by atoms with Crippen molar-refractivity contribution in [2.24, 2.45) is 0 Å². The van der Waals surface area contributed by atoms with Gasteiger partial charge in [0.25, 0.3) is 5.91 Å². The summed E-state index contributed by atoms with van der Waals surface area (Å²) in [7, 11) is 3.14. The first-order valence-electron chi connectivity index (χ1n) is 7.17. The summed E-state index contributed by atoms with van der Waals surface area (Å²) in [6, 6.07) is 9.23. The van der Waals surface area contributed by atoms with E-state index in [1.54, 1.807) is 43.8 Å². The van der Waals surface area contributed by atoms with Crippen molar-refractivity contribution in [1.82, 2.24) is 4.98 Å². The summed E-state index contributed by atoms with van der Waals surface area (Å²) in [5, 5.41) is 5.73. The number of methoxy groups -OCH3 is 2. The lowest BCUT2D eigenvalue weighted by Gasteiger charge is -2.11. The molecule has 124 valence electrons. The molecule has 1 aromatic carbocycles. The Kier molecular flexibility index (Phi) is 4.82. The minimum absolute atomic E-state index is 0.209. The normalized spacial score (nSPS) is 10.5. The molecule has 1 amide bonds. The van der Waals surface area contributed by atoms with Crippen LogP contribution >= 0.6 is 22.7 Å². The van der Waals surface area contributed by atoms with Crippen LogP contribution in [0.3, 0.4) is 0 Å². The zero-order valence-corrected chi connectivity index (χ0v) is 15.1. The molecule has 0 aliphatic heterocycles. The van der Waals surface area contributed by atoms with Crippen LogP contribution in [0.2, 0.25) is 0 Å². The average Bonchev–Trinajstić information content (AvgIpc) is 3.24. The van der Waals surface area contributed by atoms with Gasteiger partial charge in [0.1, 0.15) is 21.4 Å². The van der Waals surface area contributed by atoms with Gasteiger partial charge in [-0.25, -0.2) is 4.98 Å². The molecular formula is C17H16N2O3S2. The molecule has 7 heteroatoms. The highest BCUT2D eigenvalue weighted by atomic mass is 32.1. The van der Waals surface area contributed by atoms with Crippen molar-refractivity contribution >= 4 is 34.3 Å². The molecule has 24 heavy (non-hydrogen) atoms. The van der Waals surface area contributed by atoms with E-state index in [4.69, 9.17) is 9.47 Å². The largest absolute Gasteiger partial charge is 0.497 e. The number of carbonyl (C=O) groups is 1. The fourth-order valence-electron chi connectivity index (χ4n) is 2.20. The van der Waals surface area contributed by atoms with Crippen LogP contribution in [0, 0.1) is 6.92 Å². The fourth-order valence-corrected chi connectivity index (χ4v) is 3.96. The molecule has 2 aromatic heterocycles. The molecule has 0 aliphatic carbocycles. The number of hydrogen-bond acceptors (Lipinski definition) is 6. The van der Waals surface area contributed by atoms with Crippen molar-refractivity contribution in [2.45, 2.75) is 6.92 Å². The van der Waals surface area contributed by atoms with Crippen LogP contribution in [-0.2, 0) is 0 Å². The molecule has 0 saturated carbocycles.